The van der Waals surface area contributed by atoms with Crippen LogP contribution >= 0.6 is 22.9 Å². The average molecular weight is 194 g/mol. The Bertz CT molecular complexity index is 122. The van der Waals surface area contributed by atoms with E-state index < -0.39 is 0 Å². The zero-order chi connectivity index (χ0) is 8.43. The number of nitrogens with zero attached hydrogens (tertiary/aromatic N) is 1. The summed E-state index contributed by atoms with van der Waals surface area (Å²) in [4.78, 5) is 2.17. The number of piperidine rings is 1. The van der Waals surface area contributed by atoms with E-state index in [1.165, 1.54) is 19.3 Å². The fourth-order valence-electron chi connectivity index (χ4n) is 1.83. The topological polar surface area (TPSA) is 3.24 Å². The summed E-state index contributed by atoms with van der Waals surface area (Å²) in [7, 11) is 0. The molecule has 64 valence electrons. The highest BCUT2D eigenvalue weighted by Gasteiger charge is 2.31. The maximum absolute atomic E-state index is 5.84. The number of rotatable bonds is 1. The number of halogens is 2. The molecule has 1 rings (SSSR count). The van der Waals surface area contributed by atoms with Gasteiger partial charge in [-0.15, -0.1) is 22.9 Å². The maximum Gasteiger partial charge on any atom is 0.435 e. The van der Waals surface area contributed by atoms with Crippen LogP contribution in [0.1, 0.15) is 33.1 Å². The molecular formula is C7H14BCl2N. The lowest BCUT2D eigenvalue weighted by molar-refractivity contribution is 0.207. The predicted molar refractivity (Wildman–Crippen MR) is 52.1 cm³/mol. The minimum absolute atomic E-state index is 0.333. The third-order valence-electron chi connectivity index (χ3n) is 2.49. The summed E-state index contributed by atoms with van der Waals surface area (Å²) in [5, 5.41) is 0. The lowest BCUT2D eigenvalue weighted by Gasteiger charge is -2.38. The monoisotopic (exact) mass is 193 g/mol. The van der Waals surface area contributed by atoms with Gasteiger partial charge in [0.2, 0.25) is 0 Å². The summed E-state index contributed by atoms with van der Waals surface area (Å²) in [6.45, 7) is 4.38. The van der Waals surface area contributed by atoms with Crippen LogP contribution in [0, 0.1) is 0 Å². The largest absolute Gasteiger partial charge is 0.435 e. The fraction of sp³-hybridized carbons (Fsp3) is 1.00. The molecule has 0 bridgehead atoms. The third kappa shape index (κ3) is 2.27. The van der Waals surface area contributed by atoms with E-state index in [2.05, 4.69) is 18.7 Å². The molecule has 2 atom stereocenters. The van der Waals surface area contributed by atoms with Crippen molar-refractivity contribution in [2.24, 2.45) is 0 Å². The smallest absolute Gasteiger partial charge is 0.310 e. The molecule has 0 saturated carbocycles. The molecule has 1 saturated heterocycles. The lowest BCUT2D eigenvalue weighted by Crippen LogP contribution is -2.48. The molecule has 4 heteroatoms. The average Bonchev–Trinajstić information content (AvgIpc) is 1.85. The van der Waals surface area contributed by atoms with Crippen molar-refractivity contribution in [3.63, 3.8) is 0 Å². The molecule has 1 nitrogen and oxygen atoms in total. The molecule has 1 aliphatic rings. The Balaban J connectivity index is 2.55. The highest BCUT2D eigenvalue weighted by Crippen LogP contribution is 2.25. The molecule has 2 unspecified atom stereocenters. The summed E-state index contributed by atoms with van der Waals surface area (Å²) in [6.07, 6.45) is 3.75. The SMILES string of the molecule is CC1CCCC(C)N1B(Cl)Cl. The Morgan fingerprint density at radius 2 is 1.64 bits per heavy atom. The first kappa shape index (κ1) is 9.69. The van der Waals surface area contributed by atoms with E-state index in [1.54, 1.807) is 0 Å². The molecule has 1 aliphatic heterocycles. The van der Waals surface area contributed by atoms with Crippen LogP contribution in [0.25, 0.3) is 0 Å². The predicted octanol–water partition coefficient (Wildman–Crippen LogP) is 2.71. The van der Waals surface area contributed by atoms with Gasteiger partial charge in [-0.3, -0.25) is 0 Å². The van der Waals surface area contributed by atoms with E-state index in [0.717, 1.165) is 0 Å². The van der Waals surface area contributed by atoms with E-state index in [-0.39, 0.29) is 5.68 Å². The Morgan fingerprint density at radius 1 is 1.18 bits per heavy atom. The van der Waals surface area contributed by atoms with Gasteiger partial charge in [0.05, 0.1) is 0 Å². The zero-order valence-corrected chi connectivity index (χ0v) is 8.57. The van der Waals surface area contributed by atoms with Crippen molar-refractivity contribution in [3.05, 3.63) is 0 Å². The van der Waals surface area contributed by atoms with Crippen molar-refractivity contribution >= 4 is 28.6 Å². The number of hydrogen-bond acceptors (Lipinski definition) is 1. The molecule has 0 amide bonds. The maximum atomic E-state index is 5.84. The molecule has 0 aromatic carbocycles. The fourth-order valence-corrected chi connectivity index (χ4v) is 2.60. The summed E-state index contributed by atoms with van der Waals surface area (Å²) in [5.41, 5.74) is -0.333. The minimum atomic E-state index is -0.333. The second-order valence-electron chi connectivity index (χ2n) is 3.35. The normalized spacial score (nSPS) is 33.8. The van der Waals surface area contributed by atoms with Crippen molar-refractivity contribution in [3.8, 4) is 0 Å². The van der Waals surface area contributed by atoms with Gasteiger partial charge in [-0.25, -0.2) is 0 Å². The van der Waals surface area contributed by atoms with Gasteiger partial charge in [-0.05, 0) is 24.9 Å². The van der Waals surface area contributed by atoms with Crippen LogP contribution in [0.2, 0.25) is 0 Å². The van der Waals surface area contributed by atoms with Crippen molar-refractivity contribution in [2.75, 3.05) is 0 Å². The van der Waals surface area contributed by atoms with Crippen LogP contribution in [-0.4, -0.2) is 22.6 Å². The van der Waals surface area contributed by atoms with Crippen LogP contribution in [0.15, 0.2) is 0 Å². The summed E-state index contributed by atoms with van der Waals surface area (Å²) >= 11 is 11.7. The van der Waals surface area contributed by atoms with Gasteiger partial charge >= 0.3 is 5.68 Å². The van der Waals surface area contributed by atoms with Gasteiger partial charge in [-0.2, -0.15) is 0 Å². The Kier molecular flexibility index (Phi) is 3.54. The minimum Gasteiger partial charge on any atom is -0.310 e. The van der Waals surface area contributed by atoms with Crippen LogP contribution in [0.3, 0.4) is 0 Å². The highest BCUT2D eigenvalue weighted by molar-refractivity contribution is 7.32. The standard InChI is InChI=1S/C7H14BCl2N/c1-6-4-3-5-7(2)11(6)8(9)10/h6-7H,3-5H2,1-2H3. The first-order valence-electron chi connectivity index (χ1n) is 4.18. The van der Waals surface area contributed by atoms with Crippen LogP contribution in [0.5, 0.6) is 0 Å². The Labute approximate surface area is 79.0 Å². The van der Waals surface area contributed by atoms with Gasteiger partial charge in [-0.1, -0.05) is 20.3 Å². The van der Waals surface area contributed by atoms with Gasteiger partial charge in [0.25, 0.3) is 0 Å². The zero-order valence-electron chi connectivity index (χ0n) is 7.06. The third-order valence-corrected chi connectivity index (χ3v) is 2.94. The highest BCUT2D eigenvalue weighted by atomic mass is 35.5. The molecule has 0 radical (unpaired) electrons. The summed E-state index contributed by atoms with van der Waals surface area (Å²) in [6, 6.07) is 1.08. The molecule has 0 spiro atoms. The van der Waals surface area contributed by atoms with E-state index in [4.69, 9.17) is 22.9 Å². The first-order valence-corrected chi connectivity index (χ1v) is 5.06. The lowest BCUT2D eigenvalue weighted by atomic mass is 9.93. The van der Waals surface area contributed by atoms with Gasteiger partial charge in [0, 0.05) is 0 Å². The quantitative estimate of drug-likeness (QED) is 0.580. The van der Waals surface area contributed by atoms with Crippen molar-refractivity contribution < 1.29 is 0 Å². The molecule has 11 heavy (non-hydrogen) atoms. The molecule has 1 heterocycles. The molecule has 0 aromatic heterocycles. The van der Waals surface area contributed by atoms with Gasteiger partial charge < -0.3 is 4.81 Å². The van der Waals surface area contributed by atoms with Gasteiger partial charge in [0.15, 0.2) is 0 Å². The van der Waals surface area contributed by atoms with E-state index >= 15 is 0 Å². The Morgan fingerprint density at radius 3 is 1.91 bits per heavy atom. The van der Waals surface area contributed by atoms with Crippen LogP contribution in [-0.2, 0) is 0 Å². The molecular weight excluding hydrogens is 180 g/mol. The van der Waals surface area contributed by atoms with E-state index in [1.807, 2.05) is 0 Å². The van der Waals surface area contributed by atoms with E-state index in [9.17, 15) is 0 Å². The summed E-state index contributed by atoms with van der Waals surface area (Å²) < 4.78 is 0. The molecule has 0 aliphatic carbocycles. The first-order chi connectivity index (χ1) is 5.13. The van der Waals surface area contributed by atoms with E-state index in [0.29, 0.717) is 12.1 Å². The summed E-state index contributed by atoms with van der Waals surface area (Å²) in [5.74, 6) is 0. The second kappa shape index (κ2) is 4.02. The molecule has 1 fully saturated rings. The molecule has 0 N–H and O–H groups in total. The van der Waals surface area contributed by atoms with Crippen molar-refractivity contribution in [1.29, 1.82) is 0 Å². The molecule has 0 aromatic rings. The van der Waals surface area contributed by atoms with Gasteiger partial charge in [0.1, 0.15) is 0 Å². The second-order valence-corrected chi connectivity index (χ2v) is 4.40. The number of hydrogen-bond donors (Lipinski definition) is 0. The van der Waals surface area contributed by atoms with Crippen molar-refractivity contribution in [2.45, 2.75) is 45.2 Å². The van der Waals surface area contributed by atoms with Crippen LogP contribution < -0.4 is 0 Å². The van der Waals surface area contributed by atoms with Crippen LogP contribution in [0.4, 0.5) is 0 Å². The van der Waals surface area contributed by atoms with Crippen molar-refractivity contribution in [1.82, 2.24) is 4.81 Å². The Hall–Kier alpha value is 0.605.